The van der Waals surface area contributed by atoms with E-state index in [1.807, 2.05) is 13.0 Å². The van der Waals surface area contributed by atoms with Crippen LogP contribution in [0.4, 0.5) is 8.78 Å². The number of hydrogen-bond acceptors (Lipinski definition) is 5. The Morgan fingerprint density at radius 2 is 1.94 bits per heavy atom. The van der Waals surface area contributed by atoms with Crippen LogP contribution in [0.1, 0.15) is 37.4 Å². The van der Waals surface area contributed by atoms with E-state index in [9.17, 15) is 18.3 Å². The number of hydrogen-bond donors (Lipinski definition) is 2. The van der Waals surface area contributed by atoms with Crippen molar-refractivity contribution in [1.29, 1.82) is 0 Å². The molecule has 3 aliphatic rings. The Morgan fingerprint density at radius 1 is 1.22 bits per heavy atom. The lowest BCUT2D eigenvalue weighted by molar-refractivity contribution is -0.161. The van der Waals surface area contributed by atoms with Crippen LogP contribution in [-0.2, 0) is 27.8 Å². The lowest BCUT2D eigenvalue weighted by Gasteiger charge is -2.40. The molecule has 1 unspecified atom stereocenters. The monoisotopic (exact) mass is 520 g/mol. The van der Waals surface area contributed by atoms with Gasteiger partial charge in [0.1, 0.15) is 11.4 Å². The molecule has 0 bridgehead atoms. The van der Waals surface area contributed by atoms with E-state index in [1.54, 1.807) is 30.3 Å². The molecule has 2 N–H and O–H groups in total. The lowest BCUT2D eigenvalue weighted by Crippen LogP contribution is -2.65. The molecule has 2 aliphatic heterocycles. The number of benzene rings is 1. The highest BCUT2D eigenvalue weighted by atomic mass is 32.2. The first-order chi connectivity index (χ1) is 17.0. The Hall–Kier alpha value is -2.47. The van der Waals surface area contributed by atoms with Gasteiger partial charge in [-0.25, -0.2) is 8.78 Å². The average molecular weight is 521 g/mol. The van der Waals surface area contributed by atoms with Gasteiger partial charge in [-0.1, -0.05) is 25.1 Å². The molecule has 0 spiro atoms. The molecule has 1 aromatic heterocycles. The van der Waals surface area contributed by atoms with Crippen LogP contribution in [0.25, 0.3) is 11.3 Å². The summed E-state index contributed by atoms with van der Waals surface area (Å²) in [5, 5.41) is 10.7. The summed E-state index contributed by atoms with van der Waals surface area (Å²) in [4.78, 5) is 19.1. The molecule has 1 amide bonds. The molecular weight excluding hydrogens is 490 g/mol. The van der Waals surface area contributed by atoms with Crippen molar-refractivity contribution in [2.75, 3.05) is 20.1 Å². The lowest BCUT2D eigenvalue weighted by atomic mass is 9.79. The molecule has 3 atom stereocenters. The number of pyridine rings is 1. The summed E-state index contributed by atoms with van der Waals surface area (Å²) < 4.78 is 60.4. The van der Waals surface area contributed by atoms with Crippen molar-refractivity contribution in [3.05, 3.63) is 53.5 Å². The van der Waals surface area contributed by atoms with Crippen LogP contribution < -0.4 is 4.72 Å². The fraction of sp³-hybridized carbons (Fsp3) is 0.520. The van der Waals surface area contributed by atoms with Gasteiger partial charge in [-0.15, -0.1) is 0 Å². The minimum atomic E-state index is -3.99. The minimum Gasteiger partial charge on any atom is -0.380 e. The van der Waals surface area contributed by atoms with E-state index in [1.165, 1.54) is 11.9 Å². The van der Waals surface area contributed by atoms with E-state index >= 15 is 8.78 Å². The van der Waals surface area contributed by atoms with E-state index in [0.717, 1.165) is 10.00 Å². The first-order valence-electron chi connectivity index (χ1n) is 12.2. The van der Waals surface area contributed by atoms with Gasteiger partial charge in [-0.2, -0.15) is 17.4 Å². The quantitative estimate of drug-likeness (QED) is 0.628. The smallest absolute Gasteiger partial charge is 0.279 e. The zero-order valence-corrected chi connectivity index (χ0v) is 21.1. The van der Waals surface area contributed by atoms with Crippen LogP contribution in [0.15, 0.2) is 36.4 Å². The van der Waals surface area contributed by atoms with Crippen molar-refractivity contribution in [3.8, 4) is 11.3 Å². The Balaban J connectivity index is 1.53. The van der Waals surface area contributed by atoms with Crippen LogP contribution in [0.3, 0.4) is 0 Å². The molecule has 8 nitrogen and oxygen atoms in total. The van der Waals surface area contributed by atoms with Crippen molar-refractivity contribution >= 4 is 16.1 Å². The number of carbonyl (C=O) groups is 1. The number of amides is 1. The number of aryl methyl sites for hydroxylation is 1. The van der Waals surface area contributed by atoms with Gasteiger partial charge in [0.2, 0.25) is 0 Å². The standard InChI is InChI=1S/C25H30F2N4O4S/c1-3-17-8-5-10-19(28-17)18-9-4-7-16(21(18)26)13-20-22-24(27,14-30(2)36(34,35)29-22)15-31(20)23(32)25(33)11-6-12-25/h4-5,7-10,20,22,29,33H,3,6,11-15H2,1-2H3/t20-,22+,24?/m0/s1. The van der Waals surface area contributed by atoms with Crippen molar-refractivity contribution in [1.82, 2.24) is 18.9 Å². The van der Waals surface area contributed by atoms with Crippen molar-refractivity contribution in [2.45, 2.75) is 62.4 Å². The minimum absolute atomic E-state index is 0.127. The van der Waals surface area contributed by atoms with Crippen LogP contribution in [-0.4, -0.2) is 77.1 Å². The number of aliphatic hydroxyl groups is 1. The number of aromatic nitrogens is 1. The molecule has 1 saturated carbocycles. The fourth-order valence-corrected chi connectivity index (χ4v) is 6.75. The predicted molar refractivity (Wildman–Crippen MR) is 129 cm³/mol. The molecule has 3 fully saturated rings. The highest BCUT2D eigenvalue weighted by Crippen LogP contribution is 2.42. The molecular formula is C25H30F2N4O4S. The van der Waals surface area contributed by atoms with Crippen LogP contribution in [0.2, 0.25) is 0 Å². The maximum atomic E-state index is 16.2. The summed E-state index contributed by atoms with van der Waals surface area (Å²) in [6.45, 7) is 1.12. The fourth-order valence-electron chi connectivity index (χ4n) is 5.49. The van der Waals surface area contributed by atoms with Gasteiger partial charge in [0, 0.05) is 18.3 Å². The van der Waals surface area contributed by atoms with Crippen molar-refractivity contribution in [2.24, 2.45) is 0 Å². The molecule has 2 saturated heterocycles. The van der Waals surface area contributed by atoms with E-state index in [2.05, 4.69) is 9.71 Å². The van der Waals surface area contributed by atoms with Gasteiger partial charge < -0.3 is 10.0 Å². The van der Waals surface area contributed by atoms with E-state index in [0.29, 0.717) is 18.5 Å². The van der Waals surface area contributed by atoms with E-state index in [-0.39, 0.29) is 30.4 Å². The maximum Gasteiger partial charge on any atom is 0.279 e. The summed E-state index contributed by atoms with van der Waals surface area (Å²) in [6.07, 6.45) is 1.74. The summed E-state index contributed by atoms with van der Waals surface area (Å²) in [7, 11) is -2.72. The number of rotatable bonds is 5. The SMILES string of the molecule is CCc1cccc(-c2cccc(C[C@H]3[C@H]4NS(=O)(=O)N(C)CC4(F)CN3C(=O)C3(O)CCC3)c2F)n1. The number of carbonyl (C=O) groups excluding carboxylic acids is 1. The number of fused-ring (bicyclic) bond motifs is 1. The topological polar surface area (TPSA) is 103 Å². The summed E-state index contributed by atoms with van der Waals surface area (Å²) in [5.41, 5.74) is -1.95. The van der Waals surface area contributed by atoms with Gasteiger partial charge in [-0.05, 0) is 55.9 Å². The number of likely N-dealkylation sites (tertiary alicyclic amines) is 1. The second-order valence-electron chi connectivity index (χ2n) is 10.1. The summed E-state index contributed by atoms with van der Waals surface area (Å²) >= 11 is 0. The third kappa shape index (κ3) is 4.11. The Bertz CT molecular complexity index is 1300. The Morgan fingerprint density at radius 3 is 2.61 bits per heavy atom. The molecule has 1 aliphatic carbocycles. The van der Waals surface area contributed by atoms with Crippen molar-refractivity contribution < 1.29 is 27.1 Å². The Kier molecular flexibility index (Phi) is 6.18. The van der Waals surface area contributed by atoms with Crippen LogP contribution in [0, 0.1) is 5.82 Å². The Labute approximate surface area is 209 Å². The molecule has 11 heteroatoms. The van der Waals surface area contributed by atoms with E-state index in [4.69, 9.17) is 0 Å². The van der Waals surface area contributed by atoms with Crippen LogP contribution in [0.5, 0.6) is 0 Å². The van der Waals surface area contributed by atoms with Gasteiger partial charge >= 0.3 is 0 Å². The molecule has 36 heavy (non-hydrogen) atoms. The largest absolute Gasteiger partial charge is 0.380 e. The number of alkyl halides is 1. The van der Waals surface area contributed by atoms with Crippen molar-refractivity contribution in [3.63, 3.8) is 0 Å². The predicted octanol–water partition coefficient (Wildman–Crippen LogP) is 1.98. The first-order valence-corrected chi connectivity index (χ1v) is 13.6. The third-order valence-electron chi connectivity index (χ3n) is 7.74. The summed E-state index contributed by atoms with van der Waals surface area (Å²) in [6, 6.07) is 7.87. The summed E-state index contributed by atoms with van der Waals surface area (Å²) in [5.74, 6) is -1.19. The van der Waals surface area contributed by atoms with Gasteiger partial charge in [0.25, 0.3) is 16.1 Å². The molecule has 1 aromatic carbocycles. The normalized spacial score (nSPS) is 29.0. The maximum absolute atomic E-state index is 16.2. The average Bonchev–Trinajstić information content (AvgIpc) is 3.09. The number of halogens is 2. The number of nitrogens with zero attached hydrogens (tertiary/aromatic N) is 3. The second-order valence-corrected chi connectivity index (χ2v) is 11.9. The molecule has 0 radical (unpaired) electrons. The molecule has 3 heterocycles. The molecule has 2 aromatic rings. The van der Waals surface area contributed by atoms with Gasteiger partial charge in [0.05, 0.1) is 30.9 Å². The molecule has 194 valence electrons. The van der Waals surface area contributed by atoms with Crippen LogP contribution >= 0.6 is 0 Å². The molecule has 5 rings (SSSR count). The van der Waals surface area contributed by atoms with Gasteiger partial charge in [0.15, 0.2) is 5.67 Å². The third-order valence-corrected chi connectivity index (χ3v) is 9.24. The second kappa shape index (κ2) is 8.83. The zero-order valence-electron chi connectivity index (χ0n) is 20.2. The highest BCUT2D eigenvalue weighted by Gasteiger charge is 2.62. The van der Waals surface area contributed by atoms with E-state index < -0.39 is 58.4 Å². The zero-order chi connectivity index (χ0) is 25.9. The first kappa shape index (κ1) is 25.2. The number of nitrogens with one attached hydrogen (secondary N) is 1. The van der Waals surface area contributed by atoms with Gasteiger partial charge in [-0.3, -0.25) is 9.78 Å². The highest BCUT2D eigenvalue weighted by molar-refractivity contribution is 7.87.